The lowest BCUT2D eigenvalue weighted by Gasteiger charge is -2.03. The smallest absolute Gasteiger partial charge is 0.163 e. The monoisotopic (exact) mass is 634 g/mol. The Labute approximate surface area is 274 Å². The first kappa shape index (κ1) is 34.4. The minimum absolute atomic E-state index is 0.0316. The average molecular weight is 635 g/mol. The summed E-state index contributed by atoms with van der Waals surface area (Å²) in [4.78, 5) is 44.3. The van der Waals surface area contributed by atoms with Crippen LogP contribution in [0.1, 0.15) is 85.3 Å². The Balaban J connectivity index is 0.000000143. The number of benzene rings is 4. The van der Waals surface area contributed by atoms with Crippen molar-refractivity contribution in [3.05, 3.63) is 131 Å². The number of phenols is 1. The highest BCUT2D eigenvalue weighted by Gasteiger charge is 2.27. The molecule has 8 heteroatoms. The molecule has 0 saturated carbocycles. The second-order valence-corrected chi connectivity index (χ2v) is 11.0. The molecule has 0 atom stereocenters. The van der Waals surface area contributed by atoms with E-state index in [1.54, 1.807) is 43.3 Å². The Morgan fingerprint density at radius 3 is 1.96 bits per heavy atom. The molecule has 242 valence electrons. The van der Waals surface area contributed by atoms with Crippen molar-refractivity contribution in [3.8, 4) is 23.0 Å². The van der Waals surface area contributed by atoms with E-state index in [0.29, 0.717) is 35.7 Å². The lowest BCUT2D eigenvalue weighted by atomic mass is 10.0. The first-order chi connectivity index (χ1) is 22.6. The first-order valence-corrected chi connectivity index (χ1v) is 15.3. The maximum absolute atomic E-state index is 11.6. The summed E-state index contributed by atoms with van der Waals surface area (Å²) in [5.74, 6) is 3.00. The molecule has 0 unspecified atom stereocenters. The molecule has 0 fully saturated rings. The fourth-order valence-corrected chi connectivity index (χ4v) is 5.41. The zero-order valence-electron chi connectivity index (χ0n) is 26.8. The van der Waals surface area contributed by atoms with Gasteiger partial charge in [-0.1, -0.05) is 49.0 Å². The number of ketones is 4. The van der Waals surface area contributed by atoms with E-state index in [-0.39, 0.29) is 23.1 Å². The predicted octanol–water partition coefficient (Wildman–Crippen LogP) is 7.58. The highest BCUT2D eigenvalue weighted by Crippen LogP contribution is 2.35. The van der Waals surface area contributed by atoms with E-state index in [1.165, 1.54) is 37.8 Å². The molecule has 7 rings (SSSR count). The van der Waals surface area contributed by atoms with E-state index in [0.717, 1.165) is 59.6 Å². The molecule has 0 saturated heterocycles. The molecule has 4 aromatic carbocycles. The maximum atomic E-state index is 11.6. The molecule has 4 aromatic rings. The standard InChI is InChI=1S/C11H10O2.2C10H10O2.C8H8O2/c12-9-3-1-7-2-4-10-8(11(7)9)5-6-13-10;1-7(11)8-3-2-4-10-9(8)5-6-12-10;1-3-12-10-6-4-5-9(7-10)8(2)11;1-6(9)7-3-2-4-8(10)5-7/h2,4H,1,3,5-6H2;2-4H,5-6H2,1H3;3-7H,1H2,2H3;2-5,10H,1H3. The van der Waals surface area contributed by atoms with Gasteiger partial charge in [0.25, 0.3) is 0 Å². The Morgan fingerprint density at radius 2 is 1.34 bits per heavy atom. The van der Waals surface area contributed by atoms with Crippen molar-refractivity contribution in [1.29, 1.82) is 0 Å². The van der Waals surface area contributed by atoms with Crippen molar-refractivity contribution < 1.29 is 38.5 Å². The molecule has 3 aliphatic rings. The van der Waals surface area contributed by atoms with Crippen LogP contribution in [0.2, 0.25) is 0 Å². The molecule has 0 spiro atoms. The zero-order chi connectivity index (χ0) is 33.9. The van der Waals surface area contributed by atoms with Gasteiger partial charge in [-0.2, -0.15) is 0 Å². The zero-order valence-corrected chi connectivity index (χ0v) is 26.8. The molecule has 47 heavy (non-hydrogen) atoms. The molecule has 0 aromatic heterocycles. The highest BCUT2D eigenvalue weighted by molar-refractivity contribution is 6.02. The largest absolute Gasteiger partial charge is 0.508 e. The maximum Gasteiger partial charge on any atom is 0.163 e. The molecule has 0 amide bonds. The van der Waals surface area contributed by atoms with Gasteiger partial charge < -0.3 is 19.3 Å². The third-order valence-electron chi connectivity index (χ3n) is 7.70. The van der Waals surface area contributed by atoms with Crippen LogP contribution in [0.4, 0.5) is 0 Å². The normalized spacial score (nSPS) is 12.9. The highest BCUT2D eigenvalue weighted by atomic mass is 16.5. The summed E-state index contributed by atoms with van der Waals surface area (Å²) in [6, 6.07) is 22.9. The Kier molecular flexibility index (Phi) is 11.8. The van der Waals surface area contributed by atoms with Gasteiger partial charge in [-0.05, 0) is 69.2 Å². The number of aromatic hydroxyl groups is 1. The van der Waals surface area contributed by atoms with Gasteiger partial charge in [0, 0.05) is 52.6 Å². The third-order valence-corrected chi connectivity index (χ3v) is 7.70. The van der Waals surface area contributed by atoms with E-state index in [4.69, 9.17) is 19.3 Å². The number of carbonyl (C=O) groups is 4. The van der Waals surface area contributed by atoms with E-state index in [1.807, 2.05) is 30.3 Å². The molecule has 1 aliphatic carbocycles. The van der Waals surface area contributed by atoms with Crippen LogP contribution in [0.25, 0.3) is 0 Å². The second-order valence-electron chi connectivity index (χ2n) is 11.0. The van der Waals surface area contributed by atoms with Gasteiger partial charge in [0.05, 0.1) is 19.5 Å². The van der Waals surface area contributed by atoms with Gasteiger partial charge in [-0.25, -0.2) is 0 Å². The van der Waals surface area contributed by atoms with Crippen molar-refractivity contribution in [2.24, 2.45) is 0 Å². The predicted molar refractivity (Wildman–Crippen MR) is 179 cm³/mol. The number of rotatable bonds is 5. The molecule has 0 bridgehead atoms. The van der Waals surface area contributed by atoms with Gasteiger partial charge >= 0.3 is 0 Å². The van der Waals surface area contributed by atoms with Crippen LogP contribution in [0.5, 0.6) is 23.0 Å². The fourth-order valence-electron chi connectivity index (χ4n) is 5.41. The topological polar surface area (TPSA) is 116 Å². The summed E-state index contributed by atoms with van der Waals surface area (Å²) in [6.45, 7) is 9.45. The lowest BCUT2D eigenvalue weighted by molar-refractivity contribution is 0.0989. The van der Waals surface area contributed by atoms with Gasteiger partial charge in [0.1, 0.15) is 23.0 Å². The van der Waals surface area contributed by atoms with Crippen molar-refractivity contribution in [2.45, 2.75) is 46.5 Å². The minimum Gasteiger partial charge on any atom is -0.508 e. The molecule has 1 N–H and O–H groups in total. The average Bonchev–Trinajstić information content (AvgIpc) is 3.82. The number of fused-ring (bicyclic) bond motifs is 4. The molecule has 0 radical (unpaired) electrons. The number of Topliss-reactive ketones (excluding diaryl/α,β-unsaturated/α-hetero) is 4. The van der Waals surface area contributed by atoms with Gasteiger partial charge in [0.2, 0.25) is 0 Å². The van der Waals surface area contributed by atoms with Crippen molar-refractivity contribution in [1.82, 2.24) is 0 Å². The summed E-state index contributed by atoms with van der Waals surface area (Å²) in [5.41, 5.74) is 6.41. The summed E-state index contributed by atoms with van der Waals surface area (Å²) in [6.07, 6.45) is 4.71. The van der Waals surface area contributed by atoms with E-state index < -0.39 is 0 Å². The Hall–Kier alpha value is -5.50. The molecule has 8 nitrogen and oxygen atoms in total. The summed E-state index contributed by atoms with van der Waals surface area (Å²) in [7, 11) is 0. The minimum atomic E-state index is -0.0316. The SMILES string of the molecule is C=COc1cccc(C(C)=O)c1.CC(=O)c1cccc(O)c1.CC(=O)c1cccc2c1CCO2.O=C1CCc2ccc3c(c21)CCO3. The number of ether oxygens (including phenoxy) is 3. The molecular weight excluding hydrogens is 596 g/mol. The van der Waals surface area contributed by atoms with Gasteiger partial charge in [-0.15, -0.1) is 0 Å². The Morgan fingerprint density at radius 1 is 0.723 bits per heavy atom. The molecule has 2 heterocycles. The third kappa shape index (κ3) is 9.04. The van der Waals surface area contributed by atoms with E-state index in [2.05, 4.69) is 6.58 Å². The quantitative estimate of drug-likeness (QED) is 0.176. The van der Waals surface area contributed by atoms with Crippen LogP contribution < -0.4 is 14.2 Å². The lowest BCUT2D eigenvalue weighted by Crippen LogP contribution is -1.96. The number of carbonyl (C=O) groups excluding carboxylic acids is 4. The first-order valence-electron chi connectivity index (χ1n) is 15.3. The van der Waals surface area contributed by atoms with Crippen LogP contribution in [0.15, 0.2) is 91.7 Å². The van der Waals surface area contributed by atoms with Crippen LogP contribution >= 0.6 is 0 Å². The summed E-state index contributed by atoms with van der Waals surface area (Å²) < 4.78 is 15.8. The van der Waals surface area contributed by atoms with E-state index in [9.17, 15) is 19.2 Å². The van der Waals surface area contributed by atoms with Crippen LogP contribution in [0.3, 0.4) is 0 Å². The fraction of sp³-hybridized carbons (Fsp3) is 0.231. The number of phenolic OH excluding ortho intramolecular Hbond substituents is 1. The van der Waals surface area contributed by atoms with Crippen LogP contribution in [0, 0.1) is 0 Å². The molecule has 2 aliphatic heterocycles. The van der Waals surface area contributed by atoms with E-state index >= 15 is 0 Å². The number of hydrogen-bond acceptors (Lipinski definition) is 8. The second kappa shape index (κ2) is 16.2. The summed E-state index contributed by atoms with van der Waals surface area (Å²) >= 11 is 0. The van der Waals surface area contributed by atoms with Gasteiger partial charge in [0.15, 0.2) is 23.1 Å². The van der Waals surface area contributed by atoms with Gasteiger partial charge in [-0.3, -0.25) is 19.2 Å². The van der Waals surface area contributed by atoms with Crippen molar-refractivity contribution in [2.75, 3.05) is 13.2 Å². The molecular formula is C39H38O8. The number of aryl methyl sites for hydroxylation is 1. The van der Waals surface area contributed by atoms with Crippen LogP contribution in [-0.4, -0.2) is 41.5 Å². The van der Waals surface area contributed by atoms with Crippen LogP contribution in [-0.2, 0) is 19.3 Å². The summed E-state index contributed by atoms with van der Waals surface area (Å²) in [5, 5.41) is 8.91. The number of hydrogen-bond donors (Lipinski definition) is 1. The van der Waals surface area contributed by atoms with Crippen molar-refractivity contribution >= 4 is 23.1 Å². The van der Waals surface area contributed by atoms with Crippen molar-refractivity contribution in [3.63, 3.8) is 0 Å². The Bertz CT molecular complexity index is 1800.